The largest absolute Gasteiger partial charge is 0.479 e. The smallest absolute Gasteiger partial charge is 0.338 e. The number of aliphatic hydroxyl groups excluding tert-OH is 2. The summed E-state index contributed by atoms with van der Waals surface area (Å²) in [6.07, 6.45) is -3.56. The molecule has 6 nitrogen and oxygen atoms in total. The highest BCUT2D eigenvalue weighted by molar-refractivity contribution is 5.84. The SMILES string of the molecule is CC(C)CCOC(=O)C(O)C(O)C(=O)O. The van der Waals surface area contributed by atoms with E-state index in [1.807, 2.05) is 13.8 Å². The summed E-state index contributed by atoms with van der Waals surface area (Å²) in [5.41, 5.74) is 0. The lowest BCUT2D eigenvalue weighted by Gasteiger charge is -2.13. The highest BCUT2D eigenvalue weighted by Crippen LogP contribution is 2.02. The number of esters is 1. The number of aliphatic hydroxyl groups is 2. The fourth-order valence-corrected chi connectivity index (χ4v) is 0.745. The van der Waals surface area contributed by atoms with Crippen LogP contribution in [0.1, 0.15) is 20.3 Å². The van der Waals surface area contributed by atoms with Gasteiger partial charge in [-0.2, -0.15) is 0 Å². The zero-order valence-electron chi connectivity index (χ0n) is 8.71. The average molecular weight is 220 g/mol. The van der Waals surface area contributed by atoms with E-state index in [1.165, 1.54) is 0 Å². The van der Waals surface area contributed by atoms with E-state index in [9.17, 15) is 9.59 Å². The first kappa shape index (κ1) is 13.9. The van der Waals surface area contributed by atoms with Crippen molar-refractivity contribution in [2.24, 2.45) is 5.92 Å². The van der Waals surface area contributed by atoms with E-state index in [2.05, 4.69) is 4.74 Å². The van der Waals surface area contributed by atoms with E-state index in [1.54, 1.807) is 0 Å². The van der Waals surface area contributed by atoms with E-state index in [0.29, 0.717) is 12.3 Å². The van der Waals surface area contributed by atoms with Gasteiger partial charge in [0.25, 0.3) is 0 Å². The summed E-state index contributed by atoms with van der Waals surface area (Å²) >= 11 is 0. The first-order valence-electron chi connectivity index (χ1n) is 4.61. The number of rotatable bonds is 6. The average Bonchev–Trinajstić information content (AvgIpc) is 2.14. The molecule has 0 spiro atoms. The summed E-state index contributed by atoms with van der Waals surface area (Å²) in [5, 5.41) is 26.1. The molecule has 6 heteroatoms. The number of hydrogen-bond acceptors (Lipinski definition) is 5. The van der Waals surface area contributed by atoms with Crippen molar-refractivity contribution in [3.05, 3.63) is 0 Å². The second-order valence-corrected chi connectivity index (χ2v) is 3.58. The van der Waals surface area contributed by atoms with Gasteiger partial charge < -0.3 is 20.1 Å². The Morgan fingerprint density at radius 2 is 1.73 bits per heavy atom. The highest BCUT2D eigenvalue weighted by Gasteiger charge is 2.31. The van der Waals surface area contributed by atoms with Gasteiger partial charge in [-0.15, -0.1) is 0 Å². The van der Waals surface area contributed by atoms with Gasteiger partial charge >= 0.3 is 11.9 Å². The molecule has 15 heavy (non-hydrogen) atoms. The second-order valence-electron chi connectivity index (χ2n) is 3.58. The van der Waals surface area contributed by atoms with Crippen molar-refractivity contribution in [2.45, 2.75) is 32.5 Å². The number of carboxylic acids is 1. The fraction of sp³-hybridized carbons (Fsp3) is 0.778. The first-order chi connectivity index (χ1) is 6.86. The minimum Gasteiger partial charge on any atom is -0.479 e. The Balaban J connectivity index is 3.94. The lowest BCUT2D eigenvalue weighted by atomic mass is 10.1. The molecule has 0 bridgehead atoms. The molecule has 3 N–H and O–H groups in total. The lowest BCUT2D eigenvalue weighted by molar-refractivity contribution is -0.170. The Morgan fingerprint density at radius 3 is 2.13 bits per heavy atom. The van der Waals surface area contributed by atoms with Gasteiger partial charge in [0.15, 0.2) is 12.2 Å². The maximum absolute atomic E-state index is 11.0. The van der Waals surface area contributed by atoms with Gasteiger partial charge in [-0.05, 0) is 12.3 Å². The summed E-state index contributed by atoms with van der Waals surface area (Å²) in [6.45, 7) is 3.95. The van der Waals surface area contributed by atoms with Crippen LogP contribution in [-0.4, -0.2) is 46.1 Å². The third kappa shape index (κ3) is 5.34. The predicted molar refractivity (Wildman–Crippen MR) is 50.1 cm³/mol. The van der Waals surface area contributed by atoms with Crippen LogP contribution in [0.3, 0.4) is 0 Å². The molecule has 0 aliphatic heterocycles. The van der Waals surface area contributed by atoms with Crippen molar-refractivity contribution >= 4 is 11.9 Å². The van der Waals surface area contributed by atoms with Gasteiger partial charge in [0.05, 0.1) is 6.61 Å². The van der Waals surface area contributed by atoms with Crippen molar-refractivity contribution < 1.29 is 29.6 Å². The Labute approximate surface area is 87.5 Å². The molecular formula is C9H16O6. The van der Waals surface area contributed by atoms with Gasteiger partial charge in [-0.25, -0.2) is 9.59 Å². The minimum absolute atomic E-state index is 0.0971. The lowest BCUT2D eigenvalue weighted by Crippen LogP contribution is -2.40. The molecule has 0 radical (unpaired) electrons. The predicted octanol–water partition coefficient (Wildman–Crippen LogP) is -0.618. The topological polar surface area (TPSA) is 104 Å². The van der Waals surface area contributed by atoms with E-state index in [4.69, 9.17) is 15.3 Å². The summed E-state index contributed by atoms with van der Waals surface area (Å²) in [4.78, 5) is 21.2. The maximum Gasteiger partial charge on any atom is 0.338 e. The Bertz CT molecular complexity index is 225. The van der Waals surface area contributed by atoms with Gasteiger partial charge in [0, 0.05) is 0 Å². The number of aliphatic carboxylic acids is 1. The zero-order valence-corrected chi connectivity index (χ0v) is 8.71. The highest BCUT2D eigenvalue weighted by atomic mass is 16.5. The summed E-state index contributed by atoms with van der Waals surface area (Å²) in [7, 11) is 0. The molecule has 0 aliphatic rings. The summed E-state index contributed by atoms with van der Waals surface area (Å²) in [5.74, 6) is -2.45. The third-order valence-electron chi connectivity index (χ3n) is 1.73. The van der Waals surface area contributed by atoms with E-state index in [0.717, 1.165) is 0 Å². The van der Waals surface area contributed by atoms with Crippen molar-refractivity contribution in [1.29, 1.82) is 0 Å². The van der Waals surface area contributed by atoms with Crippen LogP contribution in [-0.2, 0) is 14.3 Å². The van der Waals surface area contributed by atoms with Crippen molar-refractivity contribution in [1.82, 2.24) is 0 Å². The van der Waals surface area contributed by atoms with Crippen LogP contribution < -0.4 is 0 Å². The number of carboxylic acid groups (broad SMARTS) is 1. The molecule has 0 saturated heterocycles. The fourth-order valence-electron chi connectivity index (χ4n) is 0.745. The van der Waals surface area contributed by atoms with Gasteiger partial charge in [0.1, 0.15) is 0 Å². The molecule has 88 valence electrons. The molecule has 0 rings (SSSR count). The van der Waals surface area contributed by atoms with Crippen LogP contribution in [0.15, 0.2) is 0 Å². The molecule has 0 aromatic carbocycles. The minimum atomic E-state index is -2.14. The summed E-state index contributed by atoms with van der Waals surface area (Å²) < 4.78 is 4.57. The van der Waals surface area contributed by atoms with Gasteiger partial charge in [0.2, 0.25) is 0 Å². The van der Waals surface area contributed by atoms with Crippen LogP contribution >= 0.6 is 0 Å². The quantitative estimate of drug-likeness (QED) is 0.515. The standard InChI is InChI=1S/C9H16O6/c1-5(2)3-4-15-9(14)7(11)6(10)8(12)13/h5-7,10-11H,3-4H2,1-2H3,(H,12,13). The van der Waals surface area contributed by atoms with Crippen LogP contribution in [0, 0.1) is 5.92 Å². The number of hydrogen-bond donors (Lipinski definition) is 3. The molecule has 0 aromatic rings. The van der Waals surface area contributed by atoms with Crippen molar-refractivity contribution in [2.75, 3.05) is 6.61 Å². The monoisotopic (exact) mass is 220 g/mol. The van der Waals surface area contributed by atoms with Crippen molar-refractivity contribution in [3.63, 3.8) is 0 Å². The molecule has 0 heterocycles. The van der Waals surface area contributed by atoms with Crippen molar-refractivity contribution in [3.8, 4) is 0 Å². The van der Waals surface area contributed by atoms with E-state index in [-0.39, 0.29) is 6.61 Å². The molecule has 0 aromatic heterocycles. The zero-order chi connectivity index (χ0) is 12.0. The molecular weight excluding hydrogens is 204 g/mol. The molecule has 0 amide bonds. The van der Waals surface area contributed by atoms with Crippen LogP contribution in [0.5, 0.6) is 0 Å². The summed E-state index contributed by atoms with van der Waals surface area (Å²) in [6, 6.07) is 0. The van der Waals surface area contributed by atoms with Gasteiger partial charge in [-0.3, -0.25) is 0 Å². The van der Waals surface area contributed by atoms with Crippen LogP contribution in [0.25, 0.3) is 0 Å². The third-order valence-corrected chi connectivity index (χ3v) is 1.73. The number of carbonyl (C=O) groups is 2. The van der Waals surface area contributed by atoms with Gasteiger partial charge in [-0.1, -0.05) is 13.8 Å². The number of ether oxygens (including phenoxy) is 1. The maximum atomic E-state index is 11.0. The molecule has 2 unspecified atom stereocenters. The molecule has 2 atom stereocenters. The van der Waals surface area contributed by atoms with Crippen LogP contribution in [0.2, 0.25) is 0 Å². The van der Waals surface area contributed by atoms with Crippen LogP contribution in [0.4, 0.5) is 0 Å². The second kappa shape index (κ2) is 6.36. The molecule has 0 fully saturated rings. The Kier molecular flexibility index (Phi) is 5.88. The van der Waals surface area contributed by atoms with E-state index >= 15 is 0 Å². The number of carbonyl (C=O) groups excluding carboxylic acids is 1. The molecule has 0 aliphatic carbocycles. The Hall–Kier alpha value is -1.14. The van der Waals surface area contributed by atoms with E-state index < -0.39 is 24.1 Å². The normalized spacial score (nSPS) is 14.7. The molecule has 0 saturated carbocycles. The first-order valence-corrected chi connectivity index (χ1v) is 4.61. The Morgan fingerprint density at radius 1 is 1.20 bits per heavy atom.